The molecule has 0 saturated carbocycles. The zero-order valence-electron chi connectivity index (χ0n) is 15.8. The third-order valence-electron chi connectivity index (χ3n) is 5.09. The van der Waals surface area contributed by atoms with E-state index in [9.17, 15) is 4.79 Å². The number of para-hydroxylation sites is 1. The zero-order chi connectivity index (χ0) is 19.2. The molecule has 0 radical (unpaired) electrons. The molecule has 2 heterocycles. The van der Waals surface area contributed by atoms with Gasteiger partial charge in [0.15, 0.2) is 6.61 Å². The third kappa shape index (κ3) is 4.61. The fraction of sp³-hybridized carbons (Fsp3) is 0.261. The summed E-state index contributed by atoms with van der Waals surface area (Å²) in [4.78, 5) is 14.7. The molecular weight excluding hydrogens is 350 g/mol. The van der Waals surface area contributed by atoms with Gasteiger partial charge >= 0.3 is 0 Å². The summed E-state index contributed by atoms with van der Waals surface area (Å²) in [6, 6.07) is 24.4. The minimum atomic E-state index is -0.0955. The molecule has 0 bridgehead atoms. The van der Waals surface area contributed by atoms with Gasteiger partial charge in [0.2, 0.25) is 0 Å². The predicted molar refractivity (Wildman–Crippen MR) is 109 cm³/mol. The Morgan fingerprint density at radius 2 is 1.75 bits per heavy atom. The van der Waals surface area contributed by atoms with Crippen molar-refractivity contribution in [2.75, 3.05) is 13.2 Å². The quantitative estimate of drug-likeness (QED) is 0.690. The van der Waals surface area contributed by atoms with E-state index in [1.165, 1.54) is 11.3 Å². The number of amides is 1. The van der Waals surface area contributed by atoms with Gasteiger partial charge in [-0.2, -0.15) is 0 Å². The second-order valence-electron chi connectivity index (χ2n) is 7.10. The number of carbonyl (C=O) groups excluding carboxylic acids is 1. The van der Waals surface area contributed by atoms with E-state index >= 15 is 0 Å². The standard InChI is InChI=1S/C23H25N3O2/c27-23(18-28-22-11-5-2-6-12-22)24-14-21-17-25-13-7-10-20(25)16-26(21)15-19-8-3-1-4-9-19/h1-13,21H,14-18H2,(H,24,27). The van der Waals surface area contributed by atoms with Crippen molar-refractivity contribution < 1.29 is 9.53 Å². The molecular formula is C23H25N3O2. The van der Waals surface area contributed by atoms with Gasteiger partial charge in [0.05, 0.1) is 0 Å². The minimum Gasteiger partial charge on any atom is -0.484 e. The van der Waals surface area contributed by atoms with Crippen molar-refractivity contribution in [3.8, 4) is 5.75 Å². The maximum Gasteiger partial charge on any atom is 0.257 e. The van der Waals surface area contributed by atoms with Crippen LogP contribution in [0.4, 0.5) is 0 Å². The summed E-state index contributed by atoms with van der Waals surface area (Å²) in [5, 5.41) is 3.04. The molecule has 1 aliphatic heterocycles. The molecule has 1 unspecified atom stereocenters. The van der Waals surface area contributed by atoms with Crippen LogP contribution in [0.25, 0.3) is 0 Å². The molecule has 5 nitrogen and oxygen atoms in total. The van der Waals surface area contributed by atoms with E-state index in [-0.39, 0.29) is 18.6 Å². The molecule has 0 saturated heterocycles. The van der Waals surface area contributed by atoms with Crippen molar-refractivity contribution in [1.29, 1.82) is 0 Å². The Labute approximate surface area is 165 Å². The highest BCUT2D eigenvalue weighted by atomic mass is 16.5. The number of aromatic nitrogens is 1. The van der Waals surface area contributed by atoms with E-state index < -0.39 is 0 Å². The molecule has 5 heteroatoms. The van der Waals surface area contributed by atoms with Crippen LogP contribution < -0.4 is 10.1 Å². The van der Waals surface area contributed by atoms with Gasteiger partial charge in [-0.15, -0.1) is 0 Å². The normalized spacial score (nSPS) is 16.4. The smallest absolute Gasteiger partial charge is 0.257 e. The Morgan fingerprint density at radius 3 is 2.54 bits per heavy atom. The van der Waals surface area contributed by atoms with Crippen LogP contribution in [0.5, 0.6) is 5.75 Å². The highest BCUT2D eigenvalue weighted by molar-refractivity contribution is 5.77. The number of carbonyl (C=O) groups is 1. The fourth-order valence-corrected chi connectivity index (χ4v) is 3.60. The average Bonchev–Trinajstić information content (AvgIpc) is 3.19. The lowest BCUT2D eigenvalue weighted by molar-refractivity contribution is -0.123. The van der Waals surface area contributed by atoms with Crippen LogP contribution in [-0.4, -0.2) is 34.6 Å². The molecule has 1 amide bonds. The number of hydrogen-bond acceptors (Lipinski definition) is 3. The first-order valence-electron chi connectivity index (χ1n) is 9.64. The van der Waals surface area contributed by atoms with Crippen LogP contribution in [0.15, 0.2) is 79.0 Å². The SMILES string of the molecule is O=C(COc1ccccc1)NCC1Cn2cccc2CN1Cc1ccccc1. The molecule has 1 atom stereocenters. The van der Waals surface area contributed by atoms with E-state index in [0.717, 1.165) is 19.6 Å². The molecule has 3 aromatic rings. The monoisotopic (exact) mass is 375 g/mol. The van der Waals surface area contributed by atoms with E-state index in [2.05, 4.69) is 57.4 Å². The van der Waals surface area contributed by atoms with Crippen molar-refractivity contribution in [3.63, 3.8) is 0 Å². The topological polar surface area (TPSA) is 46.5 Å². The lowest BCUT2D eigenvalue weighted by atomic mass is 10.1. The lowest BCUT2D eigenvalue weighted by Gasteiger charge is -2.37. The van der Waals surface area contributed by atoms with E-state index in [0.29, 0.717) is 12.3 Å². The highest BCUT2D eigenvalue weighted by Gasteiger charge is 2.26. The number of rotatable bonds is 7. The largest absolute Gasteiger partial charge is 0.484 e. The van der Waals surface area contributed by atoms with E-state index in [4.69, 9.17) is 4.74 Å². The number of ether oxygens (including phenoxy) is 1. The van der Waals surface area contributed by atoms with Gasteiger partial charge in [0, 0.05) is 44.1 Å². The van der Waals surface area contributed by atoms with Crippen molar-refractivity contribution in [2.45, 2.75) is 25.7 Å². The van der Waals surface area contributed by atoms with Crippen LogP contribution >= 0.6 is 0 Å². The number of benzene rings is 2. The van der Waals surface area contributed by atoms with Crippen LogP contribution in [-0.2, 0) is 24.4 Å². The van der Waals surface area contributed by atoms with Gasteiger partial charge < -0.3 is 14.6 Å². The molecule has 1 aromatic heterocycles. The van der Waals surface area contributed by atoms with Crippen molar-refractivity contribution >= 4 is 5.91 Å². The molecule has 1 N–H and O–H groups in total. The number of hydrogen-bond donors (Lipinski definition) is 1. The maximum absolute atomic E-state index is 12.3. The summed E-state index contributed by atoms with van der Waals surface area (Å²) in [5.74, 6) is 0.611. The van der Waals surface area contributed by atoms with Gasteiger partial charge in [0.1, 0.15) is 5.75 Å². The number of fused-ring (bicyclic) bond motifs is 1. The lowest BCUT2D eigenvalue weighted by Crippen LogP contribution is -2.49. The van der Waals surface area contributed by atoms with Gasteiger partial charge in [0.25, 0.3) is 5.91 Å². The zero-order valence-corrected chi connectivity index (χ0v) is 15.8. The van der Waals surface area contributed by atoms with E-state index in [1.807, 2.05) is 36.4 Å². The first-order valence-corrected chi connectivity index (χ1v) is 9.64. The molecule has 0 spiro atoms. The molecule has 144 valence electrons. The Morgan fingerprint density at radius 1 is 1.00 bits per heavy atom. The summed E-state index contributed by atoms with van der Waals surface area (Å²) < 4.78 is 7.82. The summed E-state index contributed by atoms with van der Waals surface area (Å²) in [5.41, 5.74) is 2.59. The molecule has 1 aliphatic rings. The van der Waals surface area contributed by atoms with Crippen LogP contribution in [0.2, 0.25) is 0 Å². The first-order chi connectivity index (χ1) is 13.8. The van der Waals surface area contributed by atoms with Crippen molar-refractivity contribution in [2.24, 2.45) is 0 Å². The second-order valence-corrected chi connectivity index (χ2v) is 7.10. The van der Waals surface area contributed by atoms with E-state index in [1.54, 1.807) is 0 Å². The maximum atomic E-state index is 12.3. The van der Waals surface area contributed by atoms with Crippen molar-refractivity contribution in [3.05, 3.63) is 90.3 Å². The minimum absolute atomic E-state index is 0.0319. The Kier molecular flexibility index (Phi) is 5.73. The average molecular weight is 375 g/mol. The number of nitrogens with one attached hydrogen (secondary N) is 1. The van der Waals surface area contributed by atoms with Gasteiger partial charge in [-0.1, -0.05) is 48.5 Å². The summed E-state index contributed by atoms with van der Waals surface area (Å²) in [7, 11) is 0. The van der Waals surface area contributed by atoms with Gasteiger partial charge in [-0.25, -0.2) is 0 Å². The highest BCUT2D eigenvalue weighted by Crippen LogP contribution is 2.20. The molecule has 0 fully saturated rings. The molecule has 0 aliphatic carbocycles. The number of nitrogens with zero attached hydrogens (tertiary/aromatic N) is 2. The third-order valence-corrected chi connectivity index (χ3v) is 5.09. The summed E-state index contributed by atoms with van der Waals surface area (Å²) >= 11 is 0. The fourth-order valence-electron chi connectivity index (χ4n) is 3.60. The first kappa shape index (κ1) is 18.3. The summed E-state index contributed by atoms with van der Waals surface area (Å²) in [6.45, 7) is 3.25. The van der Waals surface area contributed by atoms with Crippen molar-refractivity contribution in [1.82, 2.24) is 14.8 Å². The Hall–Kier alpha value is -3.05. The van der Waals surface area contributed by atoms with Crippen LogP contribution in [0.3, 0.4) is 0 Å². The Bertz CT molecular complexity index is 892. The molecule has 2 aromatic carbocycles. The molecule has 4 rings (SSSR count). The van der Waals surface area contributed by atoms with Crippen LogP contribution in [0, 0.1) is 0 Å². The summed E-state index contributed by atoms with van der Waals surface area (Å²) in [6.07, 6.45) is 2.11. The van der Waals surface area contributed by atoms with Crippen LogP contribution in [0.1, 0.15) is 11.3 Å². The molecule has 28 heavy (non-hydrogen) atoms. The predicted octanol–water partition coefficient (Wildman–Crippen LogP) is 3.07. The second kappa shape index (κ2) is 8.76. The Balaban J connectivity index is 1.35. The van der Waals surface area contributed by atoms with Gasteiger partial charge in [-0.05, 0) is 29.8 Å². The van der Waals surface area contributed by atoms with Gasteiger partial charge in [-0.3, -0.25) is 9.69 Å².